The van der Waals surface area contributed by atoms with Gasteiger partial charge in [0, 0.05) is 0 Å². The van der Waals surface area contributed by atoms with Crippen molar-refractivity contribution in [3.05, 3.63) is 0 Å². The molecule has 2 aliphatic heterocycles. The highest BCUT2D eigenvalue weighted by Gasteiger charge is 2.33. The molecule has 2 aliphatic rings. The third kappa shape index (κ3) is 4.17. The smallest absolute Gasteiger partial charge is 0.293 e. The molecule has 0 radical (unpaired) electrons. The Labute approximate surface area is 138 Å². The number of nitrogens with zero attached hydrogens (tertiary/aromatic N) is 4. The second-order valence-electron chi connectivity index (χ2n) is 5.34. The first kappa shape index (κ1) is 17.2. The molecule has 11 heteroatoms. The predicted octanol–water partition coefficient (Wildman–Crippen LogP) is -0.637. The van der Waals surface area contributed by atoms with Gasteiger partial charge < -0.3 is 4.74 Å². The van der Waals surface area contributed by atoms with Crippen molar-refractivity contribution in [1.82, 2.24) is 15.6 Å². The Morgan fingerprint density at radius 3 is 2.96 bits per heavy atom. The summed E-state index contributed by atoms with van der Waals surface area (Å²) in [5.74, 6) is 5.04. The van der Waals surface area contributed by atoms with Gasteiger partial charge in [-0.25, -0.2) is 15.8 Å². The third-order valence-electron chi connectivity index (χ3n) is 2.90. The summed E-state index contributed by atoms with van der Waals surface area (Å²) in [6.45, 7) is 5.85. The van der Waals surface area contributed by atoms with E-state index >= 15 is 0 Å². The number of hydrazine groups is 1. The van der Waals surface area contributed by atoms with Crippen molar-refractivity contribution in [2.24, 2.45) is 20.8 Å². The molecule has 5 N–H and O–H groups in total. The summed E-state index contributed by atoms with van der Waals surface area (Å²) in [6, 6.07) is -0.883. The highest BCUT2D eigenvalue weighted by Crippen LogP contribution is 2.14. The van der Waals surface area contributed by atoms with E-state index < -0.39 is 17.6 Å². The molecule has 0 aliphatic carbocycles. The van der Waals surface area contributed by atoms with E-state index in [1.165, 1.54) is 0 Å². The largest absolute Gasteiger partial charge is 0.465 e. The zero-order chi connectivity index (χ0) is 17.2. The van der Waals surface area contributed by atoms with Crippen LogP contribution in [0.5, 0.6) is 0 Å². The summed E-state index contributed by atoms with van der Waals surface area (Å²) >= 11 is 5.83. The van der Waals surface area contributed by atoms with Crippen molar-refractivity contribution in [3.8, 4) is 0 Å². The summed E-state index contributed by atoms with van der Waals surface area (Å²) in [6.07, 6.45) is 0. The lowest BCUT2D eigenvalue weighted by molar-refractivity contribution is -0.119. The van der Waals surface area contributed by atoms with Crippen LogP contribution in [0, 0.1) is 5.41 Å². The average molecular weight is 343 g/mol. The summed E-state index contributed by atoms with van der Waals surface area (Å²) in [7, 11) is 0. The van der Waals surface area contributed by atoms with Crippen LogP contribution in [0.4, 0.5) is 0 Å². The number of halogens is 1. The van der Waals surface area contributed by atoms with Crippen molar-refractivity contribution in [3.63, 3.8) is 0 Å². The minimum absolute atomic E-state index is 0.0948. The molecule has 0 aromatic carbocycles. The zero-order valence-corrected chi connectivity index (χ0v) is 13.8. The van der Waals surface area contributed by atoms with E-state index in [0.717, 1.165) is 5.01 Å². The van der Waals surface area contributed by atoms with Gasteiger partial charge in [0.25, 0.3) is 11.9 Å². The van der Waals surface area contributed by atoms with Crippen LogP contribution in [0.25, 0.3) is 0 Å². The first-order valence-corrected chi connectivity index (χ1v) is 7.33. The van der Waals surface area contributed by atoms with Gasteiger partial charge >= 0.3 is 0 Å². The van der Waals surface area contributed by atoms with Crippen LogP contribution in [0.15, 0.2) is 15.0 Å². The zero-order valence-electron chi connectivity index (χ0n) is 13.1. The maximum atomic E-state index is 12.3. The number of guanidine groups is 1. The first-order valence-electron chi connectivity index (χ1n) is 6.95. The van der Waals surface area contributed by atoms with E-state index in [0.29, 0.717) is 6.61 Å². The predicted molar refractivity (Wildman–Crippen MR) is 87.5 cm³/mol. The lowest BCUT2D eigenvalue weighted by Gasteiger charge is -2.29. The summed E-state index contributed by atoms with van der Waals surface area (Å²) in [5, 5.41) is 14.4. The third-order valence-corrected chi connectivity index (χ3v) is 3.11. The van der Waals surface area contributed by atoms with Gasteiger partial charge in [-0.15, -0.1) is 0 Å². The van der Waals surface area contributed by atoms with E-state index in [1.807, 2.05) is 6.92 Å². The average Bonchev–Trinajstić information content (AvgIpc) is 2.41. The number of amidine groups is 2. The van der Waals surface area contributed by atoms with Crippen LogP contribution >= 0.6 is 11.6 Å². The Kier molecular flexibility index (Phi) is 4.85. The molecule has 0 fully saturated rings. The van der Waals surface area contributed by atoms with Crippen LogP contribution in [0.1, 0.15) is 20.8 Å². The molecule has 23 heavy (non-hydrogen) atoms. The molecule has 1 unspecified atom stereocenters. The van der Waals surface area contributed by atoms with Crippen molar-refractivity contribution in [2.45, 2.75) is 32.5 Å². The topological polar surface area (TPSA) is 141 Å². The van der Waals surface area contributed by atoms with Crippen molar-refractivity contribution in [2.75, 3.05) is 13.2 Å². The molecular weight excluding hydrogens is 324 g/mol. The quantitative estimate of drug-likeness (QED) is 0.494. The lowest BCUT2D eigenvalue weighted by Crippen LogP contribution is -2.57. The summed E-state index contributed by atoms with van der Waals surface area (Å²) in [4.78, 5) is 24.8. The number of amides is 1. The highest BCUT2D eigenvalue weighted by atomic mass is 35.5. The number of aliphatic imine (C=N–C) groups is 3. The maximum absolute atomic E-state index is 12.3. The number of ether oxygens (including phenoxy) is 1. The highest BCUT2D eigenvalue weighted by molar-refractivity contribution is 6.66. The fourth-order valence-corrected chi connectivity index (χ4v) is 2.19. The standard InChI is InChI=1S/C12H19ClN8O2/c1-4-23-11-18-10(19-12(2,3)20-11)17-9(22)7-8(14)21(15)5-6(13)16-7/h7,14H,4-5,15H2,1-3H3,(H2,17,18,19,20,22). The van der Waals surface area contributed by atoms with Gasteiger partial charge in [-0.05, 0) is 20.8 Å². The van der Waals surface area contributed by atoms with E-state index in [9.17, 15) is 4.79 Å². The molecular formula is C12H19ClN8O2. The molecule has 2 heterocycles. The van der Waals surface area contributed by atoms with E-state index in [-0.39, 0.29) is 29.5 Å². The van der Waals surface area contributed by atoms with E-state index in [2.05, 4.69) is 25.6 Å². The van der Waals surface area contributed by atoms with Crippen molar-refractivity contribution >= 4 is 40.5 Å². The number of carbonyl (C=O) groups excluding carboxylic acids is 1. The Bertz CT molecular complexity index is 612. The molecule has 1 atom stereocenters. The molecule has 1 amide bonds. The fourth-order valence-electron chi connectivity index (χ4n) is 1.96. The molecule has 0 aromatic heterocycles. The Morgan fingerprint density at radius 2 is 2.30 bits per heavy atom. The molecule has 0 bridgehead atoms. The Balaban J connectivity index is 2.12. The maximum Gasteiger partial charge on any atom is 0.293 e. The van der Waals surface area contributed by atoms with Gasteiger partial charge in [-0.3, -0.25) is 30.8 Å². The first-order chi connectivity index (χ1) is 10.7. The van der Waals surface area contributed by atoms with Gasteiger partial charge in [-0.2, -0.15) is 0 Å². The Hall–Kier alpha value is -2.20. The molecule has 0 saturated carbocycles. The van der Waals surface area contributed by atoms with Crippen LogP contribution < -0.4 is 16.5 Å². The number of nitrogens with one attached hydrogen (secondary N) is 3. The van der Waals surface area contributed by atoms with Crippen LogP contribution in [0.2, 0.25) is 0 Å². The van der Waals surface area contributed by atoms with Gasteiger partial charge in [0.2, 0.25) is 5.96 Å². The Morgan fingerprint density at radius 1 is 1.61 bits per heavy atom. The van der Waals surface area contributed by atoms with Gasteiger partial charge in [-0.1, -0.05) is 11.6 Å². The second kappa shape index (κ2) is 6.50. The van der Waals surface area contributed by atoms with Gasteiger partial charge in [0.1, 0.15) is 11.0 Å². The number of nitrogens with two attached hydrogens (primary N) is 1. The fraction of sp³-hybridized carbons (Fsp3) is 0.583. The number of hydrogen-bond donors (Lipinski definition) is 4. The van der Waals surface area contributed by atoms with Crippen LogP contribution in [-0.4, -0.2) is 58.8 Å². The minimum Gasteiger partial charge on any atom is -0.465 e. The van der Waals surface area contributed by atoms with Gasteiger partial charge in [0.05, 0.1) is 13.2 Å². The summed E-state index contributed by atoms with van der Waals surface area (Å²) in [5.41, 5.74) is -0.792. The van der Waals surface area contributed by atoms with Crippen LogP contribution in [-0.2, 0) is 9.53 Å². The monoisotopic (exact) mass is 342 g/mol. The van der Waals surface area contributed by atoms with Crippen molar-refractivity contribution in [1.29, 1.82) is 5.41 Å². The van der Waals surface area contributed by atoms with Crippen molar-refractivity contribution < 1.29 is 9.53 Å². The molecule has 2 rings (SSSR count). The number of rotatable bonds is 2. The molecule has 0 saturated heterocycles. The number of hydrogen-bond acceptors (Lipinski definition) is 8. The molecule has 0 spiro atoms. The van der Waals surface area contributed by atoms with Crippen LogP contribution in [0.3, 0.4) is 0 Å². The SMILES string of the molecule is CCOC1=NC(C)(C)N=C(NC(=O)C2N=C(Cl)CN(N)C2=N)N1. The normalized spacial score (nSPS) is 23.3. The number of carbonyl (C=O) groups is 1. The minimum atomic E-state index is -1.14. The molecule has 0 aromatic rings. The lowest BCUT2D eigenvalue weighted by atomic mass is 10.2. The van der Waals surface area contributed by atoms with E-state index in [1.54, 1.807) is 13.8 Å². The van der Waals surface area contributed by atoms with Gasteiger partial charge in [0.15, 0.2) is 11.7 Å². The second-order valence-corrected chi connectivity index (χ2v) is 5.78. The van der Waals surface area contributed by atoms with E-state index in [4.69, 9.17) is 27.6 Å². The summed E-state index contributed by atoms with van der Waals surface area (Å²) < 4.78 is 5.32. The molecule has 126 valence electrons. The molecule has 10 nitrogen and oxygen atoms in total.